The minimum Gasteiger partial charge on any atom is -0.370 e. The van der Waals surface area contributed by atoms with Crippen molar-refractivity contribution in [1.29, 1.82) is 0 Å². The van der Waals surface area contributed by atoms with E-state index in [1.54, 1.807) is 0 Å². The Morgan fingerprint density at radius 3 is 1.77 bits per heavy atom. The molecule has 3 nitrogen and oxygen atoms in total. The van der Waals surface area contributed by atoms with Gasteiger partial charge in [-0.2, -0.15) is 0 Å². The monoisotopic (exact) mass is 322 g/mol. The smallest absolute Gasteiger partial charge is 0.370 e. The predicted molar refractivity (Wildman–Crippen MR) is 95.3 cm³/mol. The van der Waals surface area contributed by atoms with Crippen LogP contribution in [0.25, 0.3) is 5.57 Å². The second-order valence-electron chi connectivity index (χ2n) is 5.43. The number of hydrogen-bond donors (Lipinski definition) is 0. The molecule has 0 bridgehead atoms. The molecule has 0 N–H and O–H groups in total. The Morgan fingerprint density at radius 1 is 0.909 bits per heavy atom. The van der Waals surface area contributed by atoms with E-state index in [0.717, 1.165) is 35.6 Å². The highest BCUT2D eigenvalue weighted by Gasteiger charge is 2.45. The maximum Gasteiger partial charge on any atom is 0.537 e. The van der Waals surface area contributed by atoms with E-state index < -0.39 is 8.80 Å². The molecule has 4 heteroatoms. The fourth-order valence-electron chi connectivity index (χ4n) is 2.19. The summed E-state index contributed by atoms with van der Waals surface area (Å²) in [6, 6.07) is 8.17. The van der Waals surface area contributed by atoms with Crippen LogP contribution in [0.4, 0.5) is 0 Å². The van der Waals surface area contributed by atoms with E-state index in [-0.39, 0.29) is 0 Å². The Labute approximate surface area is 136 Å². The van der Waals surface area contributed by atoms with Gasteiger partial charge in [-0.1, -0.05) is 57.2 Å². The molecule has 0 aliphatic carbocycles. The fraction of sp³-hybridized carbons (Fsp3) is 0.556. The van der Waals surface area contributed by atoms with E-state index in [4.69, 9.17) is 13.3 Å². The molecule has 0 unspecified atom stereocenters. The second-order valence-corrected chi connectivity index (χ2v) is 7.94. The summed E-state index contributed by atoms with van der Waals surface area (Å²) in [6.07, 6.45) is 2.82. The van der Waals surface area contributed by atoms with Gasteiger partial charge in [-0.25, -0.2) is 0 Å². The van der Waals surface area contributed by atoms with Gasteiger partial charge in [-0.05, 0) is 31.7 Å². The van der Waals surface area contributed by atoms with Crippen LogP contribution in [-0.4, -0.2) is 28.6 Å². The molecule has 0 radical (unpaired) electrons. The molecule has 124 valence electrons. The molecule has 0 atom stereocenters. The lowest BCUT2D eigenvalue weighted by Gasteiger charge is -2.31. The summed E-state index contributed by atoms with van der Waals surface area (Å²) >= 11 is 0. The maximum atomic E-state index is 6.21. The number of hydrogen-bond acceptors (Lipinski definition) is 3. The van der Waals surface area contributed by atoms with Crippen LogP contribution < -0.4 is 5.19 Å². The molecule has 0 fully saturated rings. The molecule has 1 rings (SSSR count). The zero-order valence-electron chi connectivity index (χ0n) is 14.5. The van der Waals surface area contributed by atoms with Gasteiger partial charge in [-0.15, -0.1) is 0 Å². The quantitative estimate of drug-likeness (QED) is 0.573. The van der Waals surface area contributed by atoms with Crippen molar-refractivity contribution in [3.8, 4) is 0 Å². The highest BCUT2D eigenvalue weighted by Crippen LogP contribution is 2.19. The van der Waals surface area contributed by atoms with Gasteiger partial charge in [0.05, 0.1) is 0 Å². The molecule has 0 saturated carbocycles. The molecule has 0 aromatic heterocycles. The Hall–Kier alpha value is -0.943. The van der Waals surface area contributed by atoms with Crippen molar-refractivity contribution in [2.45, 2.75) is 47.0 Å². The van der Waals surface area contributed by atoms with Gasteiger partial charge in [0.25, 0.3) is 0 Å². The van der Waals surface area contributed by atoms with Crippen molar-refractivity contribution in [2.75, 3.05) is 19.8 Å². The summed E-state index contributed by atoms with van der Waals surface area (Å²) in [6.45, 7) is 14.3. The van der Waals surface area contributed by atoms with Gasteiger partial charge in [0.15, 0.2) is 0 Å². The molecule has 22 heavy (non-hydrogen) atoms. The number of allylic oxidation sites excluding steroid dienone is 1. The van der Waals surface area contributed by atoms with Gasteiger partial charge in [0.1, 0.15) is 0 Å². The maximum absolute atomic E-state index is 6.21. The second kappa shape index (κ2) is 9.95. The molecule has 0 aliphatic rings. The summed E-state index contributed by atoms with van der Waals surface area (Å²) < 4.78 is 18.6. The Bertz CT molecular complexity index is 438. The molecule has 0 aliphatic heterocycles. The van der Waals surface area contributed by atoms with Crippen LogP contribution >= 0.6 is 0 Å². The third-order valence-electron chi connectivity index (χ3n) is 3.21. The third-order valence-corrected chi connectivity index (χ3v) is 6.05. The van der Waals surface area contributed by atoms with Crippen LogP contribution in [0, 0.1) is 0 Å². The predicted octanol–water partition coefficient (Wildman–Crippen LogP) is 4.15. The zero-order valence-corrected chi connectivity index (χ0v) is 15.5. The molecular formula is C18H30O3Si. The molecule has 0 amide bonds. The van der Waals surface area contributed by atoms with Gasteiger partial charge in [0, 0.05) is 25.0 Å². The first kappa shape index (κ1) is 19.1. The Kier molecular flexibility index (Phi) is 8.64. The van der Waals surface area contributed by atoms with Crippen molar-refractivity contribution >= 4 is 19.6 Å². The molecule has 0 spiro atoms. The fourth-order valence-corrected chi connectivity index (χ4v) is 5.25. The zero-order chi connectivity index (χ0) is 16.4. The molecule has 0 heterocycles. The average Bonchev–Trinajstić information content (AvgIpc) is 2.54. The van der Waals surface area contributed by atoms with Gasteiger partial charge < -0.3 is 13.3 Å². The largest absolute Gasteiger partial charge is 0.537 e. The lowest BCUT2D eigenvalue weighted by Crippen LogP contribution is -2.58. The van der Waals surface area contributed by atoms with Crippen molar-refractivity contribution in [2.24, 2.45) is 0 Å². The first-order valence-electron chi connectivity index (χ1n) is 8.28. The summed E-state index contributed by atoms with van der Waals surface area (Å²) in [4.78, 5) is 0. The van der Waals surface area contributed by atoms with E-state index in [0.29, 0.717) is 19.8 Å². The highest BCUT2D eigenvalue weighted by atomic mass is 28.4. The summed E-state index contributed by atoms with van der Waals surface area (Å²) in [5.41, 5.74) is 2.09. The lowest BCUT2D eigenvalue weighted by atomic mass is 10.1. The summed E-state index contributed by atoms with van der Waals surface area (Å²) in [7, 11) is -2.90. The molecular weight excluding hydrogens is 292 g/mol. The molecule has 1 aromatic carbocycles. The van der Waals surface area contributed by atoms with E-state index in [2.05, 4.69) is 39.5 Å². The SMILES string of the molecule is C=C(C)c1ccccc1[Si](OCCC)(OCCC)OCCC. The first-order chi connectivity index (χ1) is 10.6. The van der Waals surface area contributed by atoms with Crippen LogP contribution in [0.3, 0.4) is 0 Å². The van der Waals surface area contributed by atoms with E-state index >= 15 is 0 Å². The van der Waals surface area contributed by atoms with Crippen LogP contribution in [0.15, 0.2) is 30.8 Å². The van der Waals surface area contributed by atoms with Crippen LogP contribution in [-0.2, 0) is 13.3 Å². The Balaban J connectivity index is 3.28. The van der Waals surface area contributed by atoms with E-state index in [1.165, 1.54) is 0 Å². The van der Waals surface area contributed by atoms with Crippen LogP contribution in [0.1, 0.15) is 52.5 Å². The van der Waals surface area contributed by atoms with E-state index in [1.807, 2.05) is 19.1 Å². The first-order valence-corrected chi connectivity index (χ1v) is 10.0. The molecule has 1 aromatic rings. The van der Waals surface area contributed by atoms with Crippen molar-refractivity contribution < 1.29 is 13.3 Å². The third kappa shape index (κ3) is 5.06. The lowest BCUT2D eigenvalue weighted by molar-refractivity contribution is 0.0731. The van der Waals surface area contributed by atoms with Gasteiger partial charge >= 0.3 is 8.80 Å². The average molecular weight is 323 g/mol. The number of benzene rings is 1. The summed E-state index contributed by atoms with van der Waals surface area (Å²) in [5, 5.41) is 1.04. The standard InChI is InChI=1S/C18H30O3Si/c1-6-13-19-22(20-14-7-2,21-15-8-3)18-12-10-9-11-17(18)16(4)5/h9-12H,4,6-8,13-15H2,1-3,5H3. The molecule has 0 saturated heterocycles. The minimum atomic E-state index is -2.90. The summed E-state index contributed by atoms with van der Waals surface area (Å²) in [5.74, 6) is 0. The van der Waals surface area contributed by atoms with Gasteiger partial charge in [0.2, 0.25) is 0 Å². The van der Waals surface area contributed by atoms with Crippen molar-refractivity contribution in [3.05, 3.63) is 36.4 Å². The Morgan fingerprint density at radius 2 is 1.36 bits per heavy atom. The normalized spacial score (nSPS) is 11.6. The van der Waals surface area contributed by atoms with E-state index in [9.17, 15) is 0 Å². The van der Waals surface area contributed by atoms with Crippen LogP contribution in [0.2, 0.25) is 0 Å². The van der Waals surface area contributed by atoms with Crippen molar-refractivity contribution in [1.82, 2.24) is 0 Å². The minimum absolute atomic E-state index is 0.643. The topological polar surface area (TPSA) is 27.7 Å². The van der Waals surface area contributed by atoms with Crippen molar-refractivity contribution in [3.63, 3.8) is 0 Å². The highest BCUT2D eigenvalue weighted by molar-refractivity contribution is 6.76. The van der Waals surface area contributed by atoms with Crippen LogP contribution in [0.5, 0.6) is 0 Å². The van der Waals surface area contributed by atoms with Gasteiger partial charge in [-0.3, -0.25) is 0 Å². The number of rotatable bonds is 11.